The SMILES string of the molecule is COc1ccc2sc(C(=O)NNc3ccc(C)c(Cl)c3)cc2c1. The summed E-state index contributed by atoms with van der Waals surface area (Å²) in [7, 11) is 1.62. The number of carbonyl (C=O) groups is 1. The third-order valence-electron chi connectivity index (χ3n) is 3.44. The molecule has 0 spiro atoms. The molecule has 0 aliphatic carbocycles. The third kappa shape index (κ3) is 3.41. The normalized spacial score (nSPS) is 10.6. The third-order valence-corrected chi connectivity index (χ3v) is 4.96. The number of hydrogen-bond donors (Lipinski definition) is 2. The predicted molar refractivity (Wildman–Crippen MR) is 95.7 cm³/mol. The second-order valence-electron chi connectivity index (χ2n) is 5.06. The molecule has 0 bridgehead atoms. The van der Waals surface area contributed by atoms with Gasteiger partial charge < -0.3 is 4.74 Å². The fraction of sp³-hybridized carbons (Fsp3) is 0.118. The fourth-order valence-corrected chi connectivity index (χ4v) is 3.24. The Morgan fingerprint density at radius 2 is 2.00 bits per heavy atom. The lowest BCUT2D eigenvalue weighted by atomic mass is 10.2. The van der Waals surface area contributed by atoms with Crippen molar-refractivity contribution >= 4 is 44.6 Å². The summed E-state index contributed by atoms with van der Waals surface area (Å²) >= 11 is 7.50. The number of ether oxygens (including phenoxy) is 1. The zero-order chi connectivity index (χ0) is 16.4. The average Bonchev–Trinajstić information content (AvgIpc) is 2.98. The largest absolute Gasteiger partial charge is 0.497 e. The van der Waals surface area contributed by atoms with Gasteiger partial charge >= 0.3 is 0 Å². The maximum Gasteiger partial charge on any atom is 0.279 e. The van der Waals surface area contributed by atoms with E-state index in [1.54, 1.807) is 13.2 Å². The second kappa shape index (κ2) is 6.48. The van der Waals surface area contributed by atoms with E-state index in [-0.39, 0.29) is 5.91 Å². The van der Waals surface area contributed by atoms with Gasteiger partial charge in [-0.25, -0.2) is 0 Å². The van der Waals surface area contributed by atoms with Gasteiger partial charge in [0.15, 0.2) is 0 Å². The molecule has 2 N–H and O–H groups in total. The molecule has 0 radical (unpaired) electrons. The highest BCUT2D eigenvalue weighted by atomic mass is 35.5. The minimum Gasteiger partial charge on any atom is -0.497 e. The van der Waals surface area contributed by atoms with Crippen LogP contribution in [0.2, 0.25) is 5.02 Å². The minimum absolute atomic E-state index is 0.193. The van der Waals surface area contributed by atoms with Gasteiger partial charge in [0.05, 0.1) is 17.7 Å². The Balaban J connectivity index is 1.73. The lowest BCUT2D eigenvalue weighted by Gasteiger charge is -2.08. The van der Waals surface area contributed by atoms with Crippen molar-refractivity contribution < 1.29 is 9.53 Å². The maximum atomic E-state index is 12.3. The molecule has 0 saturated heterocycles. The van der Waals surface area contributed by atoms with Crippen LogP contribution in [-0.4, -0.2) is 13.0 Å². The summed E-state index contributed by atoms with van der Waals surface area (Å²) in [5.74, 6) is 0.580. The molecule has 3 rings (SSSR count). The molecule has 6 heteroatoms. The monoisotopic (exact) mass is 346 g/mol. The Bertz CT molecular complexity index is 876. The summed E-state index contributed by atoms with van der Waals surface area (Å²) in [4.78, 5) is 12.9. The molecule has 0 aliphatic rings. The van der Waals surface area contributed by atoms with Crippen LogP contribution in [0.15, 0.2) is 42.5 Å². The van der Waals surface area contributed by atoms with Crippen LogP contribution >= 0.6 is 22.9 Å². The Hall–Kier alpha value is -2.24. The first-order valence-electron chi connectivity index (χ1n) is 6.97. The van der Waals surface area contributed by atoms with Crippen molar-refractivity contribution in [2.75, 3.05) is 12.5 Å². The number of amides is 1. The summed E-state index contributed by atoms with van der Waals surface area (Å²) in [5, 5.41) is 1.64. The van der Waals surface area contributed by atoms with Gasteiger partial charge in [0.1, 0.15) is 5.75 Å². The van der Waals surface area contributed by atoms with Gasteiger partial charge in [-0.1, -0.05) is 17.7 Å². The van der Waals surface area contributed by atoms with Gasteiger partial charge in [-0.05, 0) is 54.3 Å². The second-order valence-corrected chi connectivity index (χ2v) is 6.55. The van der Waals surface area contributed by atoms with Crippen molar-refractivity contribution in [2.45, 2.75) is 6.92 Å². The molecule has 0 atom stereocenters. The topological polar surface area (TPSA) is 50.4 Å². The van der Waals surface area contributed by atoms with E-state index in [1.807, 2.05) is 43.3 Å². The summed E-state index contributed by atoms with van der Waals surface area (Å²) < 4.78 is 6.23. The number of rotatable bonds is 4. The quantitative estimate of drug-likeness (QED) is 0.677. The molecule has 3 aromatic rings. The Morgan fingerprint density at radius 1 is 1.17 bits per heavy atom. The number of aryl methyl sites for hydroxylation is 1. The van der Waals surface area contributed by atoms with E-state index in [0.717, 1.165) is 27.1 Å². The molecule has 0 aliphatic heterocycles. The number of hydrogen-bond acceptors (Lipinski definition) is 4. The molecule has 0 fully saturated rings. The molecular weight excluding hydrogens is 332 g/mol. The van der Waals surface area contributed by atoms with Crippen LogP contribution in [0.4, 0.5) is 5.69 Å². The predicted octanol–water partition coefficient (Wildman–Crippen LogP) is 4.63. The van der Waals surface area contributed by atoms with Crippen LogP contribution in [0, 0.1) is 6.92 Å². The van der Waals surface area contributed by atoms with E-state index in [0.29, 0.717) is 9.90 Å². The van der Waals surface area contributed by atoms with Crippen LogP contribution in [-0.2, 0) is 0 Å². The van der Waals surface area contributed by atoms with Gasteiger partial charge in [0.25, 0.3) is 5.91 Å². The highest BCUT2D eigenvalue weighted by Gasteiger charge is 2.10. The number of nitrogens with one attached hydrogen (secondary N) is 2. The molecule has 1 heterocycles. The molecule has 0 saturated carbocycles. The number of fused-ring (bicyclic) bond motifs is 1. The van der Waals surface area contributed by atoms with E-state index in [2.05, 4.69) is 10.9 Å². The molecule has 2 aromatic carbocycles. The molecule has 4 nitrogen and oxygen atoms in total. The van der Waals surface area contributed by atoms with Crippen LogP contribution in [0.1, 0.15) is 15.2 Å². The van der Waals surface area contributed by atoms with Gasteiger partial charge in [-0.3, -0.25) is 15.6 Å². The number of anilines is 1. The van der Waals surface area contributed by atoms with Crippen molar-refractivity contribution in [3.8, 4) is 5.75 Å². The van der Waals surface area contributed by atoms with Gasteiger partial charge in [0, 0.05) is 9.72 Å². The van der Waals surface area contributed by atoms with Crippen molar-refractivity contribution in [3.63, 3.8) is 0 Å². The summed E-state index contributed by atoms with van der Waals surface area (Å²) in [5.41, 5.74) is 7.28. The van der Waals surface area contributed by atoms with E-state index in [1.165, 1.54) is 11.3 Å². The van der Waals surface area contributed by atoms with Crippen LogP contribution in [0.3, 0.4) is 0 Å². The van der Waals surface area contributed by atoms with Crippen LogP contribution in [0.5, 0.6) is 5.75 Å². The van der Waals surface area contributed by atoms with Crippen molar-refractivity contribution in [1.82, 2.24) is 5.43 Å². The van der Waals surface area contributed by atoms with E-state index < -0.39 is 0 Å². The molecular formula is C17H15ClN2O2S. The van der Waals surface area contributed by atoms with Crippen LogP contribution < -0.4 is 15.6 Å². The molecule has 23 heavy (non-hydrogen) atoms. The Kier molecular flexibility index (Phi) is 4.41. The summed E-state index contributed by atoms with van der Waals surface area (Å²) in [6.45, 7) is 1.93. The Morgan fingerprint density at radius 3 is 2.74 bits per heavy atom. The summed E-state index contributed by atoms with van der Waals surface area (Å²) in [6.07, 6.45) is 0. The first-order chi connectivity index (χ1) is 11.1. The number of thiophene rings is 1. The highest BCUT2D eigenvalue weighted by Crippen LogP contribution is 2.29. The Labute approximate surface area is 143 Å². The lowest BCUT2D eigenvalue weighted by molar-refractivity contribution is 0.0966. The minimum atomic E-state index is -0.193. The van der Waals surface area contributed by atoms with Crippen molar-refractivity contribution in [3.05, 3.63) is 57.9 Å². The average molecular weight is 347 g/mol. The molecule has 1 amide bonds. The smallest absolute Gasteiger partial charge is 0.279 e. The van der Waals surface area contributed by atoms with Crippen molar-refractivity contribution in [1.29, 1.82) is 0 Å². The molecule has 118 valence electrons. The first kappa shape index (κ1) is 15.6. The number of hydrazine groups is 1. The van der Waals surface area contributed by atoms with Gasteiger partial charge in [-0.2, -0.15) is 0 Å². The maximum absolute atomic E-state index is 12.3. The number of methoxy groups -OCH3 is 1. The van der Waals surface area contributed by atoms with Gasteiger partial charge in [0.2, 0.25) is 0 Å². The lowest BCUT2D eigenvalue weighted by Crippen LogP contribution is -2.28. The van der Waals surface area contributed by atoms with Crippen molar-refractivity contribution in [2.24, 2.45) is 0 Å². The summed E-state index contributed by atoms with van der Waals surface area (Å²) in [6, 6.07) is 13.1. The number of benzene rings is 2. The zero-order valence-corrected chi connectivity index (χ0v) is 14.2. The van der Waals surface area contributed by atoms with Gasteiger partial charge in [-0.15, -0.1) is 11.3 Å². The zero-order valence-electron chi connectivity index (χ0n) is 12.6. The molecule has 0 unspecified atom stereocenters. The fourth-order valence-electron chi connectivity index (χ4n) is 2.12. The van der Waals surface area contributed by atoms with Crippen LogP contribution in [0.25, 0.3) is 10.1 Å². The number of carbonyl (C=O) groups excluding carboxylic acids is 1. The first-order valence-corrected chi connectivity index (χ1v) is 8.16. The standard InChI is InChI=1S/C17H15ClN2O2S/c1-10-3-4-12(9-14(10)18)19-20-17(21)16-8-11-7-13(22-2)5-6-15(11)23-16/h3-9,19H,1-2H3,(H,20,21). The van der Waals surface area contributed by atoms with E-state index >= 15 is 0 Å². The number of halogens is 1. The molecule has 1 aromatic heterocycles. The van der Waals surface area contributed by atoms with E-state index in [9.17, 15) is 4.79 Å². The van der Waals surface area contributed by atoms with E-state index in [4.69, 9.17) is 16.3 Å². The highest BCUT2D eigenvalue weighted by molar-refractivity contribution is 7.20.